The van der Waals surface area contributed by atoms with Crippen LogP contribution in [0.4, 0.5) is 23.8 Å². The van der Waals surface area contributed by atoms with Crippen molar-refractivity contribution < 1.29 is 37.0 Å². The van der Waals surface area contributed by atoms with Gasteiger partial charge in [0.25, 0.3) is 11.8 Å². The Bertz CT molecular complexity index is 1810. The average molecular weight is 709 g/mol. The highest BCUT2D eigenvalue weighted by Crippen LogP contribution is 2.52. The monoisotopic (exact) mass is 708 g/mol. The van der Waals surface area contributed by atoms with E-state index in [1.54, 1.807) is 24.9 Å². The van der Waals surface area contributed by atoms with Gasteiger partial charge >= 0.3 is 6.09 Å². The van der Waals surface area contributed by atoms with E-state index in [9.17, 15) is 22.8 Å². The number of rotatable bonds is 8. The second-order valence-electron chi connectivity index (χ2n) is 15.6. The molecule has 1 spiro atoms. The molecule has 2 aromatic heterocycles. The van der Waals surface area contributed by atoms with Gasteiger partial charge in [-0.1, -0.05) is 0 Å². The Balaban J connectivity index is 0.997. The second-order valence-corrected chi connectivity index (χ2v) is 15.6. The van der Waals surface area contributed by atoms with Crippen molar-refractivity contribution in [2.75, 3.05) is 24.5 Å². The van der Waals surface area contributed by atoms with Crippen molar-refractivity contribution in [2.45, 2.75) is 103 Å². The maximum Gasteiger partial charge on any atom is 0.410 e. The van der Waals surface area contributed by atoms with Crippen molar-refractivity contribution in [1.29, 1.82) is 0 Å². The average Bonchev–Trinajstić information content (AvgIpc) is 3.01. The van der Waals surface area contributed by atoms with Crippen LogP contribution in [-0.4, -0.2) is 86.1 Å². The minimum Gasteiger partial charge on any atom is -0.490 e. The zero-order chi connectivity index (χ0) is 36.3. The lowest BCUT2D eigenvalue weighted by atomic mass is 9.61. The van der Waals surface area contributed by atoms with Crippen molar-refractivity contribution in [2.24, 2.45) is 5.41 Å². The van der Waals surface area contributed by atoms with E-state index in [1.165, 1.54) is 29.6 Å². The molecule has 11 nitrogen and oxygen atoms in total. The van der Waals surface area contributed by atoms with E-state index < -0.39 is 42.1 Å². The third-order valence-corrected chi connectivity index (χ3v) is 9.99. The van der Waals surface area contributed by atoms with Crippen LogP contribution in [0.3, 0.4) is 0 Å². The smallest absolute Gasteiger partial charge is 0.410 e. The molecular formula is C37H43F3N6O5. The van der Waals surface area contributed by atoms with Gasteiger partial charge in [0.15, 0.2) is 11.6 Å². The fourth-order valence-corrected chi connectivity index (χ4v) is 7.63. The molecule has 0 bridgehead atoms. The molecule has 14 heteroatoms. The highest BCUT2D eigenvalue weighted by molar-refractivity contribution is 5.97. The van der Waals surface area contributed by atoms with Gasteiger partial charge in [-0.25, -0.2) is 27.9 Å². The summed E-state index contributed by atoms with van der Waals surface area (Å²) < 4.78 is 60.2. The van der Waals surface area contributed by atoms with E-state index in [0.29, 0.717) is 44.2 Å². The molecule has 2 saturated carbocycles. The Kier molecular flexibility index (Phi) is 8.78. The van der Waals surface area contributed by atoms with Gasteiger partial charge in [-0.2, -0.15) is 0 Å². The van der Waals surface area contributed by atoms with Crippen molar-refractivity contribution in [3.05, 3.63) is 65.6 Å². The summed E-state index contributed by atoms with van der Waals surface area (Å²) in [6.07, 6.45) is 5.75. The number of carbonyl (C=O) groups is 2. The number of alkyl halides is 2. The molecule has 4 heterocycles. The SMILES string of the molecule is CC(C)N(C(=O)c1cc(F)ccc1Oc1cncnc1N1CC2(CC(Oc3ccnc4c3CN(C(=O)OC(C)(C)C)CC4)C2)C1)C1CC(F)(F)C1. The Morgan fingerprint density at radius 2 is 1.76 bits per heavy atom. The molecule has 7 rings (SSSR count). The molecule has 2 aliphatic carbocycles. The van der Waals surface area contributed by atoms with E-state index in [1.807, 2.05) is 26.8 Å². The molecule has 0 unspecified atom stereocenters. The van der Waals surface area contributed by atoms with E-state index in [4.69, 9.17) is 14.2 Å². The number of benzene rings is 1. The summed E-state index contributed by atoms with van der Waals surface area (Å²) >= 11 is 0. The zero-order valence-corrected chi connectivity index (χ0v) is 29.5. The number of fused-ring (bicyclic) bond motifs is 1. The number of amides is 2. The first-order valence-corrected chi connectivity index (χ1v) is 17.4. The van der Waals surface area contributed by atoms with Crippen LogP contribution in [0, 0.1) is 11.2 Å². The van der Waals surface area contributed by atoms with E-state index in [2.05, 4.69) is 19.9 Å². The van der Waals surface area contributed by atoms with Gasteiger partial charge < -0.3 is 28.9 Å². The number of carbonyl (C=O) groups excluding carboxylic acids is 2. The third-order valence-electron chi connectivity index (χ3n) is 9.99. The molecule has 1 saturated heterocycles. The number of halogens is 3. The van der Waals surface area contributed by atoms with Crippen LogP contribution >= 0.6 is 0 Å². The summed E-state index contributed by atoms with van der Waals surface area (Å²) in [6.45, 7) is 11.4. The fraction of sp³-hybridized carbons (Fsp3) is 0.541. The summed E-state index contributed by atoms with van der Waals surface area (Å²) in [5, 5.41) is 0. The lowest BCUT2D eigenvalue weighted by Crippen LogP contribution is -2.65. The normalized spacial score (nSPS) is 19.5. The second kappa shape index (κ2) is 12.9. The van der Waals surface area contributed by atoms with Crippen molar-refractivity contribution >= 4 is 17.8 Å². The van der Waals surface area contributed by atoms with Gasteiger partial charge in [0.2, 0.25) is 0 Å². The minimum absolute atomic E-state index is 0.00368. The molecular weight excluding hydrogens is 665 g/mol. The van der Waals surface area contributed by atoms with Gasteiger partial charge in [-0.3, -0.25) is 9.78 Å². The van der Waals surface area contributed by atoms with E-state index in [-0.39, 0.29) is 35.0 Å². The number of ether oxygens (including phenoxy) is 3. The highest BCUT2D eigenvalue weighted by atomic mass is 19.3. The van der Waals surface area contributed by atoms with Crippen LogP contribution in [0.25, 0.3) is 0 Å². The maximum absolute atomic E-state index is 14.5. The Morgan fingerprint density at radius 1 is 1.02 bits per heavy atom. The van der Waals surface area contributed by atoms with Crippen LogP contribution in [0.1, 0.15) is 81.9 Å². The lowest BCUT2D eigenvalue weighted by Gasteiger charge is -2.59. The van der Waals surface area contributed by atoms with Crippen molar-refractivity contribution in [3.63, 3.8) is 0 Å². The molecule has 0 radical (unpaired) electrons. The van der Waals surface area contributed by atoms with Crippen molar-refractivity contribution in [3.8, 4) is 17.2 Å². The molecule has 3 aromatic rings. The number of pyridine rings is 1. The Hall–Kier alpha value is -4.62. The molecule has 2 amide bonds. The molecule has 51 heavy (non-hydrogen) atoms. The summed E-state index contributed by atoms with van der Waals surface area (Å²) in [7, 11) is 0. The minimum atomic E-state index is -2.82. The molecule has 0 N–H and O–H groups in total. The summed E-state index contributed by atoms with van der Waals surface area (Å²) in [6, 6.07) is 4.46. The van der Waals surface area contributed by atoms with E-state index >= 15 is 0 Å². The van der Waals surface area contributed by atoms with Gasteiger partial charge in [0.1, 0.15) is 35.3 Å². The fourth-order valence-electron chi connectivity index (χ4n) is 7.63. The first kappa shape index (κ1) is 34.8. The number of nitrogens with zero attached hydrogens (tertiary/aromatic N) is 6. The summed E-state index contributed by atoms with van der Waals surface area (Å²) in [5.41, 5.74) is 1.23. The first-order chi connectivity index (χ1) is 24.1. The Morgan fingerprint density at radius 3 is 2.45 bits per heavy atom. The van der Waals surface area contributed by atoms with Gasteiger partial charge in [0.05, 0.1) is 24.0 Å². The van der Waals surface area contributed by atoms with Crippen molar-refractivity contribution in [1.82, 2.24) is 24.8 Å². The largest absolute Gasteiger partial charge is 0.490 e. The molecule has 2 aliphatic heterocycles. The Labute approximate surface area is 295 Å². The topological polar surface area (TPSA) is 110 Å². The quantitative estimate of drug-likeness (QED) is 0.250. The van der Waals surface area contributed by atoms with Crippen LogP contribution in [0.15, 0.2) is 43.0 Å². The molecule has 4 aliphatic rings. The first-order valence-electron chi connectivity index (χ1n) is 17.4. The number of hydrogen-bond donors (Lipinski definition) is 0. The zero-order valence-electron chi connectivity index (χ0n) is 29.5. The van der Waals surface area contributed by atoms with Crippen LogP contribution < -0.4 is 14.4 Å². The standard InChI is InChI=1S/C37H43F3N6O5/c1-22(2)46(24-13-37(39,40)14-24)33(47)26-12-23(38)6-7-29(26)50-31-17-41-21-43-32(31)45-19-36(20-45)15-25(16-36)49-30-8-10-42-28-9-11-44(18-27(28)30)34(48)51-35(3,4)5/h6-8,10,12,17,21-22,24-25H,9,11,13-16,18-20H2,1-5H3. The number of anilines is 1. The molecule has 272 valence electrons. The predicted octanol–water partition coefficient (Wildman–Crippen LogP) is 6.79. The van der Waals surface area contributed by atoms with Gasteiger partial charge in [0, 0.05) is 68.2 Å². The van der Waals surface area contributed by atoms with Crippen LogP contribution in [0.2, 0.25) is 0 Å². The molecule has 0 atom stereocenters. The van der Waals surface area contributed by atoms with Crippen LogP contribution in [0.5, 0.6) is 17.2 Å². The predicted molar refractivity (Wildman–Crippen MR) is 181 cm³/mol. The molecule has 1 aromatic carbocycles. The van der Waals surface area contributed by atoms with Crippen LogP contribution in [-0.2, 0) is 17.7 Å². The van der Waals surface area contributed by atoms with E-state index in [0.717, 1.165) is 35.9 Å². The third kappa shape index (κ3) is 7.14. The lowest BCUT2D eigenvalue weighted by molar-refractivity contribution is -0.120. The van der Waals surface area contributed by atoms with Gasteiger partial charge in [-0.05, 0) is 71.7 Å². The number of hydrogen-bond acceptors (Lipinski definition) is 9. The highest BCUT2D eigenvalue weighted by Gasteiger charge is 2.55. The summed E-state index contributed by atoms with van der Waals surface area (Å²) in [5.74, 6) is -2.38. The van der Waals surface area contributed by atoms with Gasteiger partial charge in [-0.15, -0.1) is 0 Å². The number of aromatic nitrogens is 3. The maximum atomic E-state index is 14.5. The summed E-state index contributed by atoms with van der Waals surface area (Å²) in [4.78, 5) is 44.8. The molecule has 3 fully saturated rings.